The number of methoxy groups -OCH3 is 2. The van der Waals surface area contributed by atoms with E-state index in [2.05, 4.69) is 38.5 Å². The van der Waals surface area contributed by atoms with Crippen LogP contribution in [0.1, 0.15) is 16.7 Å². The number of benzene rings is 2. The molecule has 2 N–H and O–H groups in total. The normalized spacial score (nSPS) is 13.9. The number of aromatic nitrogens is 1. The number of hydrogen-bond donors (Lipinski definition) is 2. The lowest BCUT2D eigenvalue weighted by Crippen LogP contribution is -2.44. The monoisotopic (exact) mass is 627 g/mol. The van der Waals surface area contributed by atoms with Crippen LogP contribution in [0.25, 0.3) is 0 Å². The van der Waals surface area contributed by atoms with Crippen molar-refractivity contribution >= 4 is 70.4 Å². The third kappa shape index (κ3) is 6.96. The van der Waals surface area contributed by atoms with Crippen LogP contribution < -0.4 is 25.0 Å². The van der Waals surface area contributed by atoms with Gasteiger partial charge in [-0.25, -0.2) is 9.98 Å². The van der Waals surface area contributed by atoms with Crippen molar-refractivity contribution in [1.82, 2.24) is 14.8 Å². The number of aliphatic imine (C=N–C) groups is 1. The lowest BCUT2D eigenvalue weighted by molar-refractivity contribution is -0.114. The van der Waals surface area contributed by atoms with Gasteiger partial charge in [-0.2, -0.15) is 0 Å². The predicted molar refractivity (Wildman–Crippen MR) is 172 cm³/mol. The van der Waals surface area contributed by atoms with Gasteiger partial charge in [-0.3, -0.25) is 9.59 Å². The molecule has 0 radical (unpaired) electrons. The minimum Gasteiger partial charge on any atom is -0.495 e. The molecule has 11 nitrogen and oxygen atoms in total. The first-order chi connectivity index (χ1) is 20.6. The number of rotatable bonds is 10. The molecule has 0 atom stereocenters. The molecule has 228 valence electrons. The summed E-state index contributed by atoms with van der Waals surface area (Å²) in [5.41, 5.74) is 4.90. The van der Waals surface area contributed by atoms with Crippen LogP contribution in [0.5, 0.6) is 11.5 Å². The lowest BCUT2D eigenvalue weighted by atomic mass is 10.1. The van der Waals surface area contributed by atoms with Gasteiger partial charge in [-0.1, -0.05) is 23.2 Å². The van der Waals surface area contributed by atoms with Gasteiger partial charge in [0.25, 0.3) is 0 Å². The molecule has 1 aliphatic rings. The number of ether oxygens (including phenoxy) is 2. The number of aryl methyl sites for hydroxylation is 2. The van der Waals surface area contributed by atoms with Crippen molar-refractivity contribution in [2.24, 2.45) is 4.99 Å². The number of anilines is 4. The number of amidine groups is 1. The molecule has 2 heterocycles. The Bertz CT molecular complexity index is 1510. The number of piperazine rings is 1. The Morgan fingerprint density at radius 1 is 1.00 bits per heavy atom. The van der Waals surface area contributed by atoms with E-state index in [4.69, 9.17) is 37.7 Å². The van der Waals surface area contributed by atoms with Gasteiger partial charge in [-0.05, 0) is 50.2 Å². The number of carbonyl (C=O) groups is 2. The van der Waals surface area contributed by atoms with E-state index >= 15 is 0 Å². The first-order valence-corrected chi connectivity index (χ1v) is 14.3. The molecule has 43 heavy (non-hydrogen) atoms. The van der Waals surface area contributed by atoms with Crippen LogP contribution in [0.2, 0.25) is 10.0 Å². The summed E-state index contributed by atoms with van der Waals surface area (Å²) in [5.74, 6) is 1.35. The lowest BCUT2D eigenvalue weighted by Gasteiger charge is -2.34. The molecule has 1 aromatic heterocycles. The van der Waals surface area contributed by atoms with E-state index in [1.54, 1.807) is 19.3 Å². The number of nitrogens with one attached hydrogen (secondary N) is 2. The molecule has 2 aromatic carbocycles. The van der Waals surface area contributed by atoms with Crippen molar-refractivity contribution in [1.29, 1.82) is 0 Å². The molecule has 0 spiro atoms. The number of hydrogen-bond acceptors (Lipinski definition) is 9. The molecule has 0 saturated carbocycles. The third-order valence-electron chi connectivity index (χ3n) is 7.26. The van der Waals surface area contributed by atoms with Crippen LogP contribution in [-0.2, 0) is 9.59 Å². The fraction of sp³-hybridized carbons (Fsp3) is 0.333. The van der Waals surface area contributed by atoms with Crippen LogP contribution >= 0.6 is 23.2 Å². The Morgan fingerprint density at radius 2 is 1.65 bits per heavy atom. The summed E-state index contributed by atoms with van der Waals surface area (Å²) in [6.07, 6.45) is 2.85. The highest BCUT2D eigenvalue weighted by Crippen LogP contribution is 2.42. The summed E-state index contributed by atoms with van der Waals surface area (Å²) < 4.78 is 10.8. The highest BCUT2D eigenvalue weighted by atomic mass is 35.5. The Balaban J connectivity index is 1.71. The average Bonchev–Trinajstić information content (AvgIpc) is 2.99. The first kappa shape index (κ1) is 31.9. The molecular formula is C30H35Cl2N7O4. The van der Waals surface area contributed by atoms with Crippen LogP contribution in [0.4, 0.5) is 28.6 Å². The number of pyridine rings is 1. The number of nitrogens with zero attached hydrogens (tertiary/aromatic N) is 5. The molecule has 1 saturated heterocycles. The first-order valence-electron chi connectivity index (χ1n) is 13.5. The topological polar surface area (TPSA) is 112 Å². The Kier molecular flexibility index (Phi) is 10.3. The third-order valence-corrected chi connectivity index (χ3v) is 8.01. The highest BCUT2D eigenvalue weighted by Gasteiger charge is 2.24. The van der Waals surface area contributed by atoms with E-state index in [1.807, 2.05) is 26.0 Å². The number of halogens is 2. The number of carbonyl (C=O) groups excluding carboxylic acids is 2. The maximum atomic E-state index is 11.9. The molecule has 3 aromatic rings. The quantitative estimate of drug-likeness (QED) is 0.178. The maximum Gasteiger partial charge on any atom is 0.215 e. The van der Waals surface area contributed by atoms with E-state index in [1.165, 1.54) is 19.1 Å². The zero-order valence-electron chi connectivity index (χ0n) is 25.0. The van der Waals surface area contributed by atoms with Gasteiger partial charge >= 0.3 is 0 Å². The maximum absolute atomic E-state index is 11.9. The highest BCUT2D eigenvalue weighted by molar-refractivity contribution is 6.42. The minimum atomic E-state index is 0.176. The molecule has 0 bridgehead atoms. The van der Waals surface area contributed by atoms with Crippen molar-refractivity contribution in [3.8, 4) is 11.5 Å². The second-order valence-corrected chi connectivity index (χ2v) is 10.9. The zero-order valence-corrected chi connectivity index (χ0v) is 26.5. The smallest absolute Gasteiger partial charge is 0.215 e. The molecular weight excluding hydrogens is 593 g/mol. The largest absolute Gasteiger partial charge is 0.495 e. The van der Waals surface area contributed by atoms with Crippen LogP contribution in [0, 0.1) is 13.8 Å². The van der Waals surface area contributed by atoms with Crippen molar-refractivity contribution in [2.75, 3.05) is 70.0 Å². The standard InChI is InChI=1S/C30H35Cl2N7O4/c1-18-12-25(36-29-19(2)11-20(13-21(29)34-16-40)39-9-7-37(3)8-10-39)33-15-22(18)35-30(38(4)17-41)26-27(31)23(42-5)14-24(43-6)28(26)32/h11-17H,7-10H2,1-6H3,(H,33,36)(H,34,40)/b35-30-. The van der Waals surface area contributed by atoms with Crippen LogP contribution in [0.3, 0.4) is 0 Å². The van der Waals surface area contributed by atoms with Crippen LogP contribution in [0.15, 0.2) is 35.5 Å². The zero-order chi connectivity index (χ0) is 31.3. The van der Waals surface area contributed by atoms with Gasteiger partial charge in [-0.15, -0.1) is 0 Å². The summed E-state index contributed by atoms with van der Waals surface area (Å²) in [7, 11) is 6.59. The summed E-state index contributed by atoms with van der Waals surface area (Å²) in [4.78, 5) is 38.5. The number of amides is 2. The molecule has 0 aliphatic carbocycles. The van der Waals surface area contributed by atoms with Gasteiger partial charge in [0.2, 0.25) is 12.8 Å². The molecule has 13 heteroatoms. The van der Waals surface area contributed by atoms with Gasteiger partial charge in [0.05, 0.1) is 53.1 Å². The molecule has 1 fully saturated rings. The van der Waals surface area contributed by atoms with Gasteiger partial charge in [0.15, 0.2) is 0 Å². The van der Waals surface area contributed by atoms with Crippen LogP contribution in [-0.4, -0.2) is 87.9 Å². The average molecular weight is 629 g/mol. The molecule has 4 rings (SSSR count). The molecule has 1 aliphatic heterocycles. The summed E-state index contributed by atoms with van der Waals surface area (Å²) >= 11 is 13.3. The van der Waals surface area contributed by atoms with E-state index in [0.717, 1.165) is 48.7 Å². The number of likely N-dealkylation sites (N-methyl/N-ethyl adjacent to an activating group) is 1. The fourth-order valence-corrected chi connectivity index (χ4v) is 5.45. The SMILES string of the molecule is COc1cc(OC)c(Cl)c(/C(=N/c2cnc(Nc3c(C)cc(N4CCN(C)CC4)cc3NC=O)cc2C)N(C)C=O)c1Cl. The second kappa shape index (κ2) is 13.9. The summed E-state index contributed by atoms with van der Waals surface area (Å²) in [6.45, 7) is 7.62. The van der Waals surface area contributed by atoms with Gasteiger partial charge in [0, 0.05) is 45.0 Å². The Morgan fingerprint density at radius 3 is 2.21 bits per heavy atom. The Hall–Kier alpha value is -4.06. The summed E-state index contributed by atoms with van der Waals surface area (Å²) in [6, 6.07) is 7.46. The van der Waals surface area contributed by atoms with Crippen molar-refractivity contribution in [2.45, 2.75) is 13.8 Å². The molecule has 0 unspecified atom stereocenters. The van der Waals surface area contributed by atoms with E-state index in [9.17, 15) is 9.59 Å². The molecule has 2 amide bonds. The summed E-state index contributed by atoms with van der Waals surface area (Å²) in [5, 5.41) is 6.53. The second-order valence-electron chi connectivity index (χ2n) is 10.2. The fourth-order valence-electron chi connectivity index (χ4n) is 4.78. The van der Waals surface area contributed by atoms with Crippen molar-refractivity contribution < 1.29 is 19.1 Å². The van der Waals surface area contributed by atoms with Gasteiger partial charge in [0.1, 0.15) is 23.2 Å². The van der Waals surface area contributed by atoms with Gasteiger partial charge < -0.3 is 34.8 Å². The van der Waals surface area contributed by atoms with Crippen molar-refractivity contribution in [3.63, 3.8) is 0 Å². The Labute approximate surface area is 261 Å². The van der Waals surface area contributed by atoms with E-state index in [-0.39, 0.29) is 21.4 Å². The minimum absolute atomic E-state index is 0.176. The van der Waals surface area contributed by atoms with E-state index in [0.29, 0.717) is 41.5 Å². The van der Waals surface area contributed by atoms with Crippen molar-refractivity contribution in [3.05, 3.63) is 57.2 Å². The van der Waals surface area contributed by atoms with E-state index < -0.39 is 0 Å². The predicted octanol–water partition coefficient (Wildman–Crippen LogP) is 5.25.